The Morgan fingerprint density at radius 1 is 1.25 bits per heavy atom. The lowest BCUT2D eigenvalue weighted by atomic mass is 10.1. The molecule has 128 valence electrons. The molecule has 0 fully saturated rings. The molecule has 7 heteroatoms. The Balaban J connectivity index is 2.11. The molecule has 0 aliphatic rings. The Kier molecular flexibility index (Phi) is 6.45. The maximum atomic E-state index is 12.4. The molecular formula is C17H22N4O2S. The van der Waals surface area contributed by atoms with Crippen molar-refractivity contribution in [2.24, 2.45) is 11.7 Å². The van der Waals surface area contributed by atoms with E-state index in [0.717, 1.165) is 11.4 Å². The van der Waals surface area contributed by atoms with Gasteiger partial charge in [-0.05, 0) is 18.1 Å². The normalized spacial score (nSPS) is 10.7. The minimum Gasteiger partial charge on any atom is -0.351 e. The number of nitrogens with two attached hydrogens (primary N) is 1. The molecule has 0 atom stereocenters. The average molecular weight is 346 g/mol. The number of nitrogens with one attached hydrogen (secondary N) is 2. The predicted molar refractivity (Wildman–Crippen MR) is 96.4 cm³/mol. The topological polar surface area (TPSA) is 97.1 Å². The fourth-order valence-electron chi connectivity index (χ4n) is 2.12. The molecule has 0 aliphatic heterocycles. The maximum absolute atomic E-state index is 12.4. The van der Waals surface area contributed by atoms with Crippen LogP contribution in [0.3, 0.4) is 0 Å². The molecule has 6 nitrogen and oxygen atoms in total. The van der Waals surface area contributed by atoms with Gasteiger partial charge < -0.3 is 16.4 Å². The van der Waals surface area contributed by atoms with E-state index in [4.69, 9.17) is 5.73 Å². The summed E-state index contributed by atoms with van der Waals surface area (Å²) >= 11 is 1.47. The molecule has 1 aromatic heterocycles. The van der Waals surface area contributed by atoms with Crippen LogP contribution in [0.4, 0.5) is 5.69 Å². The van der Waals surface area contributed by atoms with Crippen LogP contribution in [-0.4, -0.2) is 29.9 Å². The van der Waals surface area contributed by atoms with Gasteiger partial charge in [-0.1, -0.05) is 26.0 Å². The van der Waals surface area contributed by atoms with Crippen LogP contribution < -0.4 is 16.4 Å². The monoisotopic (exact) mass is 346 g/mol. The quantitative estimate of drug-likeness (QED) is 0.716. The minimum absolute atomic E-state index is 0.268. The van der Waals surface area contributed by atoms with Crippen molar-refractivity contribution >= 4 is 28.8 Å². The van der Waals surface area contributed by atoms with E-state index in [0.29, 0.717) is 36.0 Å². The van der Waals surface area contributed by atoms with Crippen molar-refractivity contribution in [3.05, 3.63) is 45.9 Å². The third kappa shape index (κ3) is 4.87. The molecule has 24 heavy (non-hydrogen) atoms. The highest BCUT2D eigenvalue weighted by Crippen LogP contribution is 2.18. The van der Waals surface area contributed by atoms with Crippen LogP contribution in [0, 0.1) is 5.92 Å². The van der Waals surface area contributed by atoms with Crippen molar-refractivity contribution in [1.29, 1.82) is 0 Å². The molecule has 2 aromatic rings. The number of anilines is 1. The molecule has 0 aliphatic carbocycles. The van der Waals surface area contributed by atoms with Gasteiger partial charge in [-0.3, -0.25) is 9.59 Å². The number of para-hydroxylation sites is 1. The summed E-state index contributed by atoms with van der Waals surface area (Å²) in [5, 5.41) is 8.14. The lowest BCUT2D eigenvalue weighted by Crippen LogP contribution is -2.30. The third-order valence-corrected chi connectivity index (χ3v) is 4.09. The van der Waals surface area contributed by atoms with Gasteiger partial charge in [0.15, 0.2) is 0 Å². The van der Waals surface area contributed by atoms with Crippen LogP contribution in [0.2, 0.25) is 0 Å². The summed E-state index contributed by atoms with van der Waals surface area (Å²) in [6, 6.07) is 6.86. The van der Waals surface area contributed by atoms with E-state index < -0.39 is 0 Å². The van der Waals surface area contributed by atoms with Gasteiger partial charge in [0.25, 0.3) is 11.8 Å². The lowest BCUT2D eigenvalue weighted by Gasteiger charge is -2.10. The van der Waals surface area contributed by atoms with E-state index >= 15 is 0 Å². The first-order valence-electron chi connectivity index (χ1n) is 7.84. The summed E-state index contributed by atoms with van der Waals surface area (Å²) in [6.45, 7) is 4.96. The second kappa shape index (κ2) is 8.56. The van der Waals surface area contributed by atoms with Crippen molar-refractivity contribution in [1.82, 2.24) is 10.3 Å². The van der Waals surface area contributed by atoms with E-state index in [1.165, 1.54) is 11.3 Å². The largest absolute Gasteiger partial charge is 0.351 e. The van der Waals surface area contributed by atoms with Crippen molar-refractivity contribution in [2.45, 2.75) is 20.3 Å². The van der Waals surface area contributed by atoms with Crippen molar-refractivity contribution in [2.75, 3.05) is 18.4 Å². The number of rotatable bonds is 7. The van der Waals surface area contributed by atoms with Crippen LogP contribution >= 0.6 is 11.3 Å². The zero-order valence-corrected chi connectivity index (χ0v) is 14.7. The highest BCUT2D eigenvalue weighted by molar-refractivity contribution is 7.09. The number of thiazole rings is 1. The Hall–Kier alpha value is -2.25. The van der Waals surface area contributed by atoms with E-state index in [1.54, 1.807) is 29.6 Å². The zero-order valence-electron chi connectivity index (χ0n) is 13.8. The number of carbonyl (C=O) groups is 2. The average Bonchev–Trinajstić information content (AvgIpc) is 3.01. The van der Waals surface area contributed by atoms with Gasteiger partial charge in [0.1, 0.15) is 5.69 Å². The number of carbonyl (C=O) groups excluding carboxylic acids is 2. The van der Waals surface area contributed by atoms with Crippen LogP contribution in [0.1, 0.15) is 39.7 Å². The fourth-order valence-corrected chi connectivity index (χ4v) is 3.10. The van der Waals surface area contributed by atoms with Crippen molar-refractivity contribution in [3.8, 4) is 0 Å². The second-order valence-electron chi connectivity index (χ2n) is 5.77. The molecule has 2 amide bonds. The molecule has 0 saturated heterocycles. The van der Waals surface area contributed by atoms with Crippen LogP contribution in [0.5, 0.6) is 0 Å². The van der Waals surface area contributed by atoms with Crippen LogP contribution in [-0.2, 0) is 6.42 Å². The lowest BCUT2D eigenvalue weighted by molar-refractivity contribution is 0.0955. The van der Waals surface area contributed by atoms with Gasteiger partial charge in [0, 0.05) is 24.9 Å². The molecule has 0 spiro atoms. The number of benzene rings is 1. The van der Waals surface area contributed by atoms with Gasteiger partial charge in [-0.25, -0.2) is 4.98 Å². The molecule has 0 radical (unpaired) electrons. The van der Waals surface area contributed by atoms with Crippen LogP contribution in [0.25, 0.3) is 0 Å². The van der Waals surface area contributed by atoms with Gasteiger partial charge in [-0.15, -0.1) is 11.3 Å². The summed E-state index contributed by atoms with van der Waals surface area (Å²) in [5.74, 6) is -0.102. The van der Waals surface area contributed by atoms with E-state index in [-0.39, 0.29) is 11.8 Å². The van der Waals surface area contributed by atoms with Crippen molar-refractivity contribution in [3.63, 3.8) is 0 Å². The van der Waals surface area contributed by atoms with Crippen LogP contribution in [0.15, 0.2) is 29.6 Å². The molecule has 0 bridgehead atoms. The van der Waals surface area contributed by atoms with E-state index in [9.17, 15) is 9.59 Å². The van der Waals surface area contributed by atoms with E-state index in [2.05, 4.69) is 29.5 Å². The highest BCUT2D eigenvalue weighted by Gasteiger charge is 2.16. The van der Waals surface area contributed by atoms with Gasteiger partial charge in [-0.2, -0.15) is 0 Å². The first-order chi connectivity index (χ1) is 11.5. The smallest absolute Gasteiger partial charge is 0.275 e. The SMILES string of the molecule is CC(C)Cc1nc(C(=O)Nc2ccccc2C(=O)NCCN)cs1. The number of hydrogen-bond acceptors (Lipinski definition) is 5. The molecule has 0 saturated carbocycles. The number of amides is 2. The Bertz CT molecular complexity index is 712. The maximum Gasteiger partial charge on any atom is 0.275 e. The zero-order chi connectivity index (χ0) is 17.5. The molecule has 1 aromatic carbocycles. The predicted octanol–water partition coefficient (Wildman–Crippen LogP) is 2.28. The molecule has 1 heterocycles. The number of aromatic nitrogens is 1. The number of hydrogen-bond donors (Lipinski definition) is 3. The molecule has 4 N–H and O–H groups in total. The van der Waals surface area contributed by atoms with Gasteiger partial charge in [0.2, 0.25) is 0 Å². The molecule has 2 rings (SSSR count). The van der Waals surface area contributed by atoms with E-state index in [1.807, 2.05) is 0 Å². The highest BCUT2D eigenvalue weighted by atomic mass is 32.1. The summed E-state index contributed by atoms with van der Waals surface area (Å²) in [5.41, 5.74) is 6.62. The second-order valence-corrected chi connectivity index (χ2v) is 6.71. The summed E-state index contributed by atoms with van der Waals surface area (Å²) < 4.78 is 0. The number of nitrogens with zero attached hydrogens (tertiary/aromatic N) is 1. The molecule has 0 unspecified atom stereocenters. The first-order valence-corrected chi connectivity index (χ1v) is 8.72. The minimum atomic E-state index is -0.319. The summed E-state index contributed by atoms with van der Waals surface area (Å²) in [7, 11) is 0. The summed E-state index contributed by atoms with van der Waals surface area (Å²) in [4.78, 5) is 28.9. The molecular weight excluding hydrogens is 324 g/mol. The Morgan fingerprint density at radius 3 is 2.71 bits per heavy atom. The Morgan fingerprint density at radius 2 is 2.00 bits per heavy atom. The third-order valence-electron chi connectivity index (χ3n) is 3.22. The van der Waals surface area contributed by atoms with Gasteiger partial charge >= 0.3 is 0 Å². The summed E-state index contributed by atoms with van der Waals surface area (Å²) in [6.07, 6.45) is 0.843. The van der Waals surface area contributed by atoms with Gasteiger partial charge in [0.05, 0.1) is 16.3 Å². The Labute approximate surface area is 145 Å². The fraction of sp³-hybridized carbons (Fsp3) is 0.353. The standard InChI is InChI=1S/C17H22N4O2S/c1-11(2)9-15-20-14(10-24-15)17(23)21-13-6-4-3-5-12(13)16(22)19-8-7-18/h3-6,10-11H,7-9,18H2,1-2H3,(H,19,22)(H,21,23). The van der Waals surface area contributed by atoms with Crippen molar-refractivity contribution < 1.29 is 9.59 Å². The first kappa shape index (κ1) is 18.1.